The third-order valence-corrected chi connectivity index (χ3v) is 5.61. The Labute approximate surface area is 177 Å². The number of nitrogens with zero attached hydrogens (tertiary/aromatic N) is 2. The largest absolute Gasteiger partial charge is 0.497 e. The number of carbonyl (C=O) groups excluding carboxylic acids is 1. The van der Waals surface area contributed by atoms with Crippen molar-refractivity contribution in [3.63, 3.8) is 0 Å². The monoisotopic (exact) mass is 429 g/mol. The Hall–Kier alpha value is -2.77. The minimum Gasteiger partial charge on any atom is -0.497 e. The van der Waals surface area contributed by atoms with Crippen LogP contribution in [0, 0.1) is 6.92 Å². The van der Waals surface area contributed by atoms with E-state index in [1.54, 1.807) is 56.5 Å². The lowest BCUT2D eigenvalue weighted by Crippen LogP contribution is -2.24. The van der Waals surface area contributed by atoms with Gasteiger partial charge < -0.3 is 10.1 Å². The Morgan fingerprint density at radius 1 is 1.21 bits per heavy atom. The van der Waals surface area contributed by atoms with E-state index in [9.17, 15) is 9.59 Å². The molecule has 0 fully saturated rings. The number of aromatic nitrogens is 2. The van der Waals surface area contributed by atoms with Crippen LogP contribution in [0.3, 0.4) is 0 Å². The van der Waals surface area contributed by atoms with Crippen molar-refractivity contribution in [2.24, 2.45) is 0 Å². The molecule has 0 aliphatic rings. The summed E-state index contributed by atoms with van der Waals surface area (Å²) in [6, 6.07) is 15.5. The van der Waals surface area contributed by atoms with Gasteiger partial charge in [-0.1, -0.05) is 35.5 Å². The highest BCUT2D eigenvalue weighted by molar-refractivity contribution is 8.00. The van der Waals surface area contributed by atoms with E-state index in [2.05, 4.69) is 10.4 Å². The molecule has 0 aliphatic heterocycles. The van der Waals surface area contributed by atoms with E-state index in [-0.39, 0.29) is 11.5 Å². The molecule has 0 radical (unpaired) electrons. The lowest BCUT2D eigenvalue weighted by atomic mass is 10.2. The van der Waals surface area contributed by atoms with Crippen molar-refractivity contribution < 1.29 is 9.53 Å². The third-order valence-electron chi connectivity index (χ3n) is 4.18. The summed E-state index contributed by atoms with van der Waals surface area (Å²) in [5, 5.41) is 7.91. The number of hydrogen-bond donors (Lipinski definition) is 1. The van der Waals surface area contributed by atoms with Gasteiger partial charge in [0.2, 0.25) is 5.91 Å². The molecule has 6 nitrogen and oxygen atoms in total. The first-order valence-electron chi connectivity index (χ1n) is 8.86. The third kappa shape index (κ3) is 5.19. The fourth-order valence-corrected chi connectivity index (χ4v) is 3.51. The predicted molar refractivity (Wildman–Crippen MR) is 117 cm³/mol. The maximum Gasteiger partial charge on any atom is 0.271 e. The number of rotatable bonds is 6. The molecule has 29 heavy (non-hydrogen) atoms. The first kappa shape index (κ1) is 21.0. The zero-order valence-corrected chi connectivity index (χ0v) is 17.8. The average molecular weight is 430 g/mol. The molecule has 0 aliphatic carbocycles. The van der Waals surface area contributed by atoms with Crippen LogP contribution in [0.2, 0.25) is 5.02 Å². The summed E-state index contributed by atoms with van der Waals surface area (Å²) in [4.78, 5) is 24.8. The maximum absolute atomic E-state index is 12.5. The summed E-state index contributed by atoms with van der Waals surface area (Å²) in [6.07, 6.45) is 0. The van der Waals surface area contributed by atoms with Crippen LogP contribution in [0.1, 0.15) is 12.5 Å². The Morgan fingerprint density at radius 2 is 2.00 bits per heavy atom. The number of halogens is 1. The van der Waals surface area contributed by atoms with Gasteiger partial charge in [0.15, 0.2) is 0 Å². The topological polar surface area (TPSA) is 73.2 Å². The maximum atomic E-state index is 12.5. The average Bonchev–Trinajstić information content (AvgIpc) is 2.71. The second kappa shape index (κ2) is 9.15. The highest BCUT2D eigenvalue weighted by Gasteiger charge is 2.17. The molecular formula is C21H20ClN3O3S. The summed E-state index contributed by atoms with van der Waals surface area (Å²) < 4.78 is 6.44. The first-order valence-corrected chi connectivity index (χ1v) is 10.1. The summed E-state index contributed by atoms with van der Waals surface area (Å²) in [6.45, 7) is 3.66. The van der Waals surface area contributed by atoms with Crippen molar-refractivity contribution in [1.29, 1.82) is 0 Å². The minimum absolute atomic E-state index is 0.179. The van der Waals surface area contributed by atoms with Crippen LogP contribution in [0.15, 0.2) is 64.4 Å². The number of hydrogen-bond acceptors (Lipinski definition) is 5. The molecule has 1 N–H and O–H groups in total. The van der Waals surface area contributed by atoms with Crippen molar-refractivity contribution >= 4 is 35.0 Å². The number of carbonyl (C=O) groups is 1. The van der Waals surface area contributed by atoms with Gasteiger partial charge in [-0.25, -0.2) is 0 Å². The van der Waals surface area contributed by atoms with Crippen molar-refractivity contribution in [3.05, 3.63) is 75.5 Å². The minimum atomic E-state index is -0.429. The Balaban J connectivity index is 1.76. The van der Waals surface area contributed by atoms with E-state index >= 15 is 0 Å². The zero-order valence-electron chi connectivity index (χ0n) is 16.2. The van der Waals surface area contributed by atoms with Gasteiger partial charge in [0.25, 0.3) is 5.56 Å². The normalized spacial score (nSPS) is 11.7. The van der Waals surface area contributed by atoms with Gasteiger partial charge in [0.05, 0.1) is 18.0 Å². The van der Waals surface area contributed by atoms with E-state index < -0.39 is 5.25 Å². The molecule has 3 aromatic rings. The van der Waals surface area contributed by atoms with Crippen LogP contribution in [0.25, 0.3) is 5.69 Å². The van der Waals surface area contributed by atoms with Crippen LogP contribution >= 0.6 is 23.4 Å². The Morgan fingerprint density at radius 3 is 2.72 bits per heavy atom. The van der Waals surface area contributed by atoms with E-state index in [0.717, 1.165) is 5.56 Å². The van der Waals surface area contributed by atoms with Gasteiger partial charge in [-0.05, 0) is 49.7 Å². The quantitative estimate of drug-likeness (QED) is 0.590. The van der Waals surface area contributed by atoms with Crippen molar-refractivity contribution in [3.8, 4) is 11.4 Å². The molecule has 1 aromatic heterocycles. The number of aryl methyl sites for hydroxylation is 1. The van der Waals surface area contributed by atoms with Gasteiger partial charge in [0, 0.05) is 22.8 Å². The smallest absolute Gasteiger partial charge is 0.271 e. The van der Waals surface area contributed by atoms with E-state index in [1.807, 2.05) is 13.0 Å². The van der Waals surface area contributed by atoms with Crippen molar-refractivity contribution in [2.45, 2.75) is 24.1 Å². The number of anilines is 1. The van der Waals surface area contributed by atoms with E-state index in [1.165, 1.54) is 22.5 Å². The fourth-order valence-electron chi connectivity index (χ4n) is 2.54. The van der Waals surface area contributed by atoms with Crippen LogP contribution in [-0.2, 0) is 4.79 Å². The summed E-state index contributed by atoms with van der Waals surface area (Å²) >= 11 is 7.43. The van der Waals surface area contributed by atoms with E-state index in [4.69, 9.17) is 16.3 Å². The van der Waals surface area contributed by atoms with Gasteiger partial charge in [0.1, 0.15) is 10.8 Å². The van der Waals surface area contributed by atoms with Crippen LogP contribution in [0.5, 0.6) is 5.75 Å². The van der Waals surface area contributed by atoms with Crippen molar-refractivity contribution in [2.75, 3.05) is 12.4 Å². The molecule has 1 amide bonds. The predicted octanol–water partition coefficient (Wildman–Crippen LogP) is 4.32. The van der Waals surface area contributed by atoms with Crippen LogP contribution in [-0.4, -0.2) is 28.0 Å². The molecule has 2 aromatic carbocycles. The zero-order chi connectivity index (χ0) is 21.0. The molecule has 0 saturated heterocycles. The summed E-state index contributed by atoms with van der Waals surface area (Å²) in [7, 11) is 1.57. The lowest BCUT2D eigenvalue weighted by molar-refractivity contribution is -0.115. The number of ether oxygens (including phenoxy) is 1. The molecular weight excluding hydrogens is 410 g/mol. The molecule has 8 heteroatoms. The van der Waals surface area contributed by atoms with Gasteiger partial charge in [-0.15, -0.1) is 0 Å². The molecule has 3 rings (SSSR count). The molecule has 150 valence electrons. The van der Waals surface area contributed by atoms with E-state index in [0.29, 0.717) is 27.2 Å². The van der Waals surface area contributed by atoms with Gasteiger partial charge >= 0.3 is 0 Å². The second-order valence-electron chi connectivity index (χ2n) is 6.34. The SMILES string of the molecule is COc1cccc(NC(=O)[C@H](C)Sc2ccc(=O)n(-c3ccc(C)c(Cl)c3)n2)c1. The molecule has 0 bridgehead atoms. The molecule has 0 saturated carbocycles. The molecule has 0 spiro atoms. The molecule has 0 unspecified atom stereocenters. The molecule has 1 heterocycles. The molecule has 1 atom stereocenters. The standard InChI is InChI=1S/C21H20ClN3O3S/c1-13-7-8-16(12-18(13)22)25-20(26)10-9-19(24-25)29-14(2)21(27)23-15-5-4-6-17(11-15)28-3/h4-12,14H,1-3H3,(H,23,27)/t14-/m0/s1. The number of nitrogens with one attached hydrogen (secondary N) is 1. The fraction of sp³-hybridized carbons (Fsp3) is 0.190. The summed E-state index contributed by atoms with van der Waals surface area (Å²) in [5.41, 5.74) is 1.86. The highest BCUT2D eigenvalue weighted by atomic mass is 35.5. The summed E-state index contributed by atoms with van der Waals surface area (Å²) in [5.74, 6) is 0.481. The van der Waals surface area contributed by atoms with Gasteiger partial charge in [-0.3, -0.25) is 9.59 Å². The second-order valence-corrected chi connectivity index (χ2v) is 8.10. The number of benzene rings is 2. The first-order chi connectivity index (χ1) is 13.9. The highest BCUT2D eigenvalue weighted by Crippen LogP contribution is 2.24. The van der Waals surface area contributed by atoms with Gasteiger partial charge in [-0.2, -0.15) is 9.78 Å². The van der Waals surface area contributed by atoms with Crippen LogP contribution in [0.4, 0.5) is 5.69 Å². The number of methoxy groups -OCH3 is 1. The van der Waals surface area contributed by atoms with Crippen LogP contribution < -0.4 is 15.6 Å². The number of amides is 1. The number of thioether (sulfide) groups is 1. The lowest BCUT2D eigenvalue weighted by Gasteiger charge is -2.13. The Bertz CT molecular complexity index is 1100. The Kier molecular flexibility index (Phi) is 6.61. The van der Waals surface area contributed by atoms with Crippen molar-refractivity contribution in [1.82, 2.24) is 9.78 Å².